The fourth-order valence-corrected chi connectivity index (χ4v) is 4.97. The van der Waals surface area contributed by atoms with E-state index in [1.165, 1.54) is 18.3 Å². The quantitative estimate of drug-likeness (QED) is 0.654. The van der Waals surface area contributed by atoms with Crippen molar-refractivity contribution < 1.29 is 17.2 Å². The monoisotopic (exact) mass is 414 g/mol. The number of hydrogen-bond acceptors (Lipinski definition) is 4. The molecule has 136 valence electrons. The second-order valence-electron chi connectivity index (χ2n) is 5.60. The number of sulfonamides is 1. The lowest BCUT2D eigenvalue weighted by molar-refractivity contribution is 0.507. The van der Waals surface area contributed by atoms with Crippen molar-refractivity contribution in [2.45, 2.75) is 18.2 Å². The number of halogens is 3. The van der Waals surface area contributed by atoms with E-state index in [1.807, 2.05) is 0 Å². The maximum Gasteiger partial charge on any atom is 0.265 e. The lowest BCUT2D eigenvalue weighted by atomic mass is 10.1. The maximum absolute atomic E-state index is 13.3. The van der Waals surface area contributed by atoms with Crippen molar-refractivity contribution in [2.24, 2.45) is 0 Å². The van der Waals surface area contributed by atoms with Gasteiger partial charge in [0.25, 0.3) is 10.0 Å². The van der Waals surface area contributed by atoms with Gasteiger partial charge in [0.1, 0.15) is 4.90 Å². The molecule has 0 atom stereocenters. The third kappa shape index (κ3) is 4.20. The Kier molecular flexibility index (Phi) is 5.27. The van der Waals surface area contributed by atoms with Gasteiger partial charge in [-0.25, -0.2) is 22.2 Å². The van der Waals surface area contributed by atoms with Crippen LogP contribution in [0.2, 0.25) is 5.02 Å². The van der Waals surface area contributed by atoms with Crippen LogP contribution in [0.3, 0.4) is 0 Å². The van der Waals surface area contributed by atoms with Crippen LogP contribution in [0.25, 0.3) is 0 Å². The third-order valence-corrected chi connectivity index (χ3v) is 6.38. The first-order valence-electron chi connectivity index (χ1n) is 7.42. The largest absolute Gasteiger partial charge is 0.265 e. The van der Waals surface area contributed by atoms with Gasteiger partial charge in [-0.05, 0) is 42.3 Å². The van der Waals surface area contributed by atoms with Crippen molar-refractivity contribution in [3.63, 3.8) is 0 Å². The predicted molar refractivity (Wildman–Crippen MR) is 98.3 cm³/mol. The van der Waals surface area contributed by atoms with Gasteiger partial charge < -0.3 is 0 Å². The van der Waals surface area contributed by atoms with Crippen LogP contribution in [0.1, 0.15) is 16.0 Å². The van der Waals surface area contributed by atoms with E-state index in [1.54, 1.807) is 19.1 Å². The van der Waals surface area contributed by atoms with E-state index in [-0.39, 0.29) is 15.0 Å². The number of thiazole rings is 1. The molecule has 0 saturated carbocycles. The first kappa shape index (κ1) is 18.8. The summed E-state index contributed by atoms with van der Waals surface area (Å²) in [6, 6.07) is 8.26. The molecule has 26 heavy (non-hydrogen) atoms. The molecule has 0 bridgehead atoms. The lowest BCUT2D eigenvalue weighted by Crippen LogP contribution is -2.13. The smallest absolute Gasteiger partial charge is 0.255 e. The Balaban J connectivity index is 1.78. The number of hydrogen-bond donors (Lipinski definition) is 1. The summed E-state index contributed by atoms with van der Waals surface area (Å²) in [7, 11) is -3.88. The summed E-state index contributed by atoms with van der Waals surface area (Å²) in [6.45, 7) is 1.81. The Hall–Kier alpha value is -2.03. The summed E-state index contributed by atoms with van der Waals surface area (Å²) in [5.41, 5.74) is 1.40. The van der Waals surface area contributed by atoms with Gasteiger partial charge in [0.15, 0.2) is 16.8 Å². The number of benzene rings is 2. The summed E-state index contributed by atoms with van der Waals surface area (Å²) < 4.78 is 53.6. The van der Waals surface area contributed by atoms with Gasteiger partial charge in [-0.15, -0.1) is 11.3 Å². The SMILES string of the molecule is Cc1ccc(S(=O)(=O)Nc2ncc(Cc3ccc(F)c(F)c3)s2)c(Cl)c1. The van der Waals surface area contributed by atoms with Crippen LogP contribution < -0.4 is 4.72 Å². The number of aromatic nitrogens is 1. The van der Waals surface area contributed by atoms with Gasteiger partial charge in [0, 0.05) is 17.5 Å². The molecule has 0 spiro atoms. The zero-order valence-electron chi connectivity index (χ0n) is 13.5. The average molecular weight is 415 g/mol. The minimum atomic E-state index is -3.88. The van der Waals surface area contributed by atoms with Crippen LogP contribution in [0.4, 0.5) is 13.9 Å². The maximum atomic E-state index is 13.3. The normalized spacial score (nSPS) is 11.5. The van der Waals surface area contributed by atoms with Crippen LogP contribution in [0.15, 0.2) is 47.5 Å². The number of aryl methyl sites for hydroxylation is 1. The van der Waals surface area contributed by atoms with E-state index in [4.69, 9.17) is 11.6 Å². The molecule has 0 fully saturated rings. The molecule has 0 unspecified atom stereocenters. The van der Waals surface area contributed by atoms with E-state index in [0.717, 1.165) is 29.0 Å². The van der Waals surface area contributed by atoms with Gasteiger partial charge in [0.2, 0.25) is 0 Å². The van der Waals surface area contributed by atoms with E-state index in [9.17, 15) is 17.2 Å². The number of nitrogens with zero attached hydrogens (tertiary/aromatic N) is 1. The summed E-state index contributed by atoms with van der Waals surface area (Å²) in [4.78, 5) is 4.69. The van der Waals surface area contributed by atoms with Crippen molar-refractivity contribution >= 4 is 38.1 Å². The molecule has 4 nitrogen and oxygen atoms in total. The molecule has 0 aliphatic rings. The molecule has 2 aromatic carbocycles. The summed E-state index contributed by atoms with van der Waals surface area (Å²) in [6.07, 6.45) is 1.79. The van der Waals surface area contributed by atoms with E-state index < -0.39 is 21.7 Å². The van der Waals surface area contributed by atoms with E-state index in [0.29, 0.717) is 16.9 Å². The molecule has 1 aromatic heterocycles. The van der Waals surface area contributed by atoms with Crippen molar-refractivity contribution in [1.29, 1.82) is 0 Å². The second-order valence-corrected chi connectivity index (χ2v) is 8.77. The van der Waals surface area contributed by atoms with Crippen LogP contribution in [0.5, 0.6) is 0 Å². The second kappa shape index (κ2) is 7.30. The van der Waals surface area contributed by atoms with Crippen molar-refractivity contribution in [1.82, 2.24) is 4.98 Å². The van der Waals surface area contributed by atoms with Gasteiger partial charge in [-0.1, -0.05) is 23.7 Å². The van der Waals surface area contributed by atoms with Crippen LogP contribution >= 0.6 is 22.9 Å². The van der Waals surface area contributed by atoms with Crippen LogP contribution in [-0.2, 0) is 16.4 Å². The molecule has 0 amide bonds. The van der Waals surface area contributed by atoms with Crippen LogP contribution in [0, 0.1) is 18.6 Å². The molecule has 0 aliphatic heterocycles. The number of rotatable bonds is 5. The molecule has 9 heteroatoms. The zero-order chi connectivity index (χ0) is 18.9. The summed E-state index contributed by atoms with van der Waals surface area (Å²) in [5, 5.41) is 0.287. The van der Waals surface area contributed by atoms with Gasteiger partial charge >= 0.3 is 0 Å². The zero-order valence-corrected chi connectivity index (χ0v) is 15.9. The van der Waals surface area contributed by atoms with Gasteiger partial charge in [-0.2, -0.15) is 0 Å². The van der Waals surface area contributed by atoms with Crippen LogP contribution in [-0.4, -0.2) is 13.4 Å². The van der Waals surface area contributed by atoms with E-state index in [2.05, 4.69) is 9.71 Å². The minimum absolute atomic E-state index is 0.0397. The first-order valence-corrected chi connectivity index (χ1v) is 10.1. The molecule has 1 N–H and O–H groups in total. The molecular formula is C17H13ClF2N2O2S2. The minimum Gasteiger partial charge on any atom is -0.255 e. The van der Waals surface area contributed by atoms with Crippen molar-refractivity contribution in [2.75, 3.05) is 4.72 Å². The summed E-state index contributed by atoms with van der Waals surface area (Å²) in [5.74, 6) is -1.84. The Morgan fingerprint density at radius 2 is 1.92 bits per heavy atom. The molecule has 3 aromatic rings. The van der Waals surface area contributed by atoms with Gasteiger partial charge in [0.05, 0.1) is 5.02 Å². The topological polar surface area (TPSA) is 59.1 Å². The highest BCUT2D eigenvalue weighted by atomic mass is 35.5. The molecule has 3 rings (SSSR count). The fraction of sp³-hybridized carbons (Fsp3) is 0.118. The molecule has 0 radical (unpaired) electrons. The third-order valence-electron chi connectivity index (χ3n) is 3.51. The molecule has 0 aliphatic carbocycles. The number of anilines is 1. The van der Waals surface area contributed by atoms with Crippen molar-refractivity contribution in [3.05, 3.63) is 75.3 Å². The Bertz CT molecular complexity index is 1070. The fourth-order valence-electron chi connectivity index (χ4n) is 2.28. The van der Waals surface area contributed by atoms with Crippen molar-refractivity contribution in [3.8, 4) is 0 Å². The van der Waals surface area contributed by atoms with Gasteiger partial charge in [-0.3, -0.25) is 4.72 Å². The Morgan fingerprint density at radius 3 is 2.62 bits per heavy atom. The average Bonchev–Trinajstić information content (AvgIpc) is 2.96. The summed E-state index contributed by atoms with van der Waals surface area (Å²) >= 11 is 7.13. The highest BCUT2D eigenvalue weighted by Gasteiger charge is 2.19. The highest BCUT2D eigenvalue weighted by Crippen LogP contribution is 2.27. The molecular weight excluding hydrogens is 402 g/mol. The lowest BCUT2D eigenvalue weighted by Gasteiger charge is -2.07. The molecule has 0 saturated heterocycles. The highest BCUT2D eigenvalue weighted by molar-refractivity contribution is 7.93. The number of nitrogens with one attached hydrogen (secondary N) is 1. The van der Waals surface area contributed by atoms with E-state index >= 15 is 0 Å². The predicted octanol–water partition coefficient (Wildman–Crippen LogP) is 4.77. The Morgan fingerprint density at radius 1 is 1.15 bits per heavy atom. The first-order chi connectivity index (χ1) is 12.2. The molecule has 1 heterocycles. The Labute approximate surface area is 158 Å². The standard InChI is InChI=1S/C17H13ClF2N2O2S2/c1-10-2-5-16(13(18)6-10)26(23,24)22-17-21-9-12(25-17)7-11-3-4-14(19)15(20)8-11/h2-6,8-9H,7H2,1H3,(H,21,22).